The second-order valence-corrected chi connectivity index (χ2v) is 6.29. The van der Waals surface area contributed by atoms with Crippen LogP contribution in [0.15, 0.2) is 43.0 Å². The SMILES string of the molecule is C=CCCCCCCC[C@@H]1CO[C@@H]1CCc1ccccc1. The van der Waals surface area contributed by atoms with Gasteiger partial charge in [0, 0.05) is 5.92 Å². The van der Waals surface area contributed by atoms with Crippen LogP contribution in [-0.4, -0.2) is 12.7 Å². The Balaban J connectivity index is 1.51. The van der Waals surface area contributed by atoms with Gasteiger partial charge < -0.3 is 4.74 Å². The fourth-order valence-corrected chi connectivity index (χ4v) is 3.14. The predicted octanol–water partition coefficient (Wildman–Crippen LogP) is 5.55. The summed E-state index contributed by atoms with van der Waals surface area (Å²) in [6, 6.07) is 10.8. The average molecular weight is 286 g/mol. The highest BCUT2D eigenvalue weighted by molar-refractivity contribution is 5.14. The van der Waals surface area contributed by atoms with Crippen LogP contribution in [0.3, 0.4) is 0 Å². The lowest BCUT2D eigenvalue weighted by molar-refractivity contribution is -0.120. The van der Waals surface area contributed by atoms with Gasteiger partial charge >= 0.3 is 0 Å². The lowest BCUT2D eigenvalue weighted by Crippen LogP contribution is -2.39. The van der Waals surface area contributed by atoms with Crippen molar-refractivity contribution in [2.75, 3.05) is 6.61 Å². The van der Waals surface area contributed by atoms with Crippen molar-refractivity contribution in [2.45, 2.75) is 63.9 Å². The zero-order chi connectivity index (χ0) is 14.8. The van der Waals surface area contributed by atoms with Gasteiger partial charge in [0.05, 0.1) is 12.7 Å². The molecule has 2 atom stereocenters. The molecule has 0 saturated carbocycles. The van der Waals surface area contributed by atoms with Crippen LogP contribution >= 0.6 is 0 Å². The molecule has 0 aliphatic carbocycles. The topological polar surface area (TPSA) is 9.23 Å². The summed E-state index contributed by atoms with van der Waals surface area (Å²) < 4.78 is 5.76. The third-order valence-electron chi connectivity index (χ3n) is 4.59. The molecule has 1 aliphatic heterocycles. The van der Waals surface area contributed by atoms with E-state index in [9.17, 15) is 0 Å². The third-order valence-corrected chi connectivity index (χ3v) is 4.59. The van der Waals surface area contributed by atoms with Crippen LogP contribution in [0.25, 0.3) is 0 Å². The molecule has 1 fully saturated rings. The predicted molar refractivity (Wildman–Crippen MR) is 90.5 cm³/mol. The van der Waals surface area contributed by atoms with Gasteiger partial charge in [-0.2, -0.15) is 0 Å². The van der Waals surface area contributed by atoms with E-state index in [1.807, 2.05) is 6.08 Å². The Kier molecular flexibility index (Phi) is 7.59. The maximum atomic E-state index is 5.76. The summed E-state index contributed by atoms with van der Waals surface area (Å²) in [6.07, 6.45) is 14.3. The van der Waals surface area contributed by atoms with E-state index in [1.165, 1.54) is 56.9 Å². The van der Waals surface area contributed by atoms with E-state index >= 15 is 0 Å². The van der Waals surface area contributed by atoms with Crippen LogP contribution in [0.2, 0.25) is 0 Å². The molecule has 1 heteroatoms. The molecule has 2 rings (SSSR count). The van der Waals surface area contributed by atoms with Crippen LogP contribution in [0.5, 0.6) is 0 Å². The van der Waals surface area contributed by atoms with E-state index in [1.54, 1.807) is 0 Å². The van der Waals surface area contributed by atoms with Gasteiger partial charge in [-0.1, -0.05) is 62.1 Å². The minimum absolute atomic E-state index is 0.519. The maximum Gasteiger partial charge on any atom is 0.0628 e. The van der Waals surface area contributed by atoms with Crippen molar-refractivity contribution in [3.8, 4) is 0 Å². The van der Waals surface area contributed by atoms with Crippen molar-refractivity contribution in [2.24, 2.45) is 5.92 Å². The minimum Gasteiger partial charge on any atom is -0.377 e. The van der Waals surface area contributed by atoms with Gasteiger partial charge in [0.2, 0.25) is 0 Å². The molecule has 1 saturated heterocycles. The first kappa shape index (κ1) is 16.3. The van der Waals surface area contributed by atoms with E-state index in [-0.39, 0.29) is 0 Å². The largest absolute Gasteiger partial charge is 0.377 e. The summed E-state index contributed by atoms with van der Waals surface area (Å²) in [6.45, 7) is 4.77. The Hall–Kier alpha value is -1.08. The molecule has 1 aromatic carbocycles. The standard InChI is InChI=1S/C20H30O/c1-2-3-4-5-6-7-11-14-19-17-21-20(19)16-15-18-12-9-8-10-13-18/h2,8-10,12-13,19-20H,1,3-7,11,14-17H2/t19-,20-/m1/s1. The first-order chi connectivity index (χ1) is 10.4. The Morgan fingerprint density at radius 3 is 2.48 bits per heavy atom. The summed E-state index contributed by atoms with van der Waals surface area (Å²) in [4.78, 5) is 0. The molecule has 1 aromatic rings. The van der Waals surface area contributed by atoms with E-state index in [0.29, 0.717) is 6.10 Å². The van der Waals surface area contributed by atoms with Crippen LogP contribution in [-0.2, 0) is 11.2 Å². The van der Waals surface area contributed by atoms with E-state index in [0.717, 1.165) is 18.9 Å². The zero-order valence-corrected chi connectivity index (χ0v) is 13.3. The number of ether oxygens (including phenoxy) is 1. The molecule has 1 nitrogen and oxygen atoms in total. The van der Waals surface area contributed by atoms with Crippen molar-refractivity contribution in [1.29, 1.82) is 0 Å². The maximum absolute atomic E-state index is 5.76. The second-order valence-electron chi connectivity index (χ2n) is 6.29. The van der Waals surface area contributed by atoms with Crippen LogP contribution in [0.1, 0.15) is 56.9 Å². The molecule has 0 unspecified atom stereocenters. The highest BCUT2D eigenvalue weighted by atomic mass is 16.5. The van der Waals surface area contributed by atoms with Crippen molar-refractivity contribution in [3.63, 3.8) is 0 Å². The molecular formula is C20H30O. The average Bonchev–Trinajstić information content (AvgIpc) is 2.50. The molecule has 116 valence electrons. The Labute approximate surface area is 130 Å². The lowest BCUT2D eigenvalue weighted by Gasteiger charge is -2.37. The summed E-state index contributed by atoms with van der Waals surface area (Å²) in [5, 5.41) is 0. The van der Waals surface area contributed by atoms with Gasteiger partial charge in [0.15, 0.2) is 0 Å². The molecule has 1 heterocycles. The van der Waals surface area contributed by atoms with Crippen molar-refractivity contribution >= 4 is 0 Å². The minimum atomic E-state index is 0.519. The Morgan fingerprint density at radius 2 is 1.76 bits per heavy atom. The number of hydrogen-bond donors (Lipinski definition) is 0. The van der Waals surface area contributed by atoms with E-state index in [4.69, 9.17) is 4.74 Å². The first-order valence-electron chi connectivity index (χ1n) is 8.66. The first-order valence-corrected chi connectivity index (χ1v) is 8.66. The van der Waals surface area contributed by atoms with Crippen molar-refractivity contribution in [1.82, 2.24) is 0 Å². The van der Waals surface area contributed by atoms with Gasteiger partial charge in [-0.3, -0.25) is 0 Å². The highest BCUT2D eigenvalue weighted by Gasteiger charge is 2.30. The Bertz CT molecular complexity index is 384. The Morgan fingerprint density at radius 1 is 1.00 bits per heavy atom. The molecule has 0 radical (unpaired) electrons. The number of hydrogen-bond acceptors (Lipinski definition) is 1. The molecule has 0 N–H and O–H groups in total. The number of rotatable bonds is 11. The molecule has 0 spiro atoms. The number of unbranched alkanes of at least 4 members (excludes halogenated alkanes) is 5. The van der Waals surface area contributed by atoms with Crippen molar-refractivity contribution in [3.05, 3.63) is 48.6 Å². The van der Waals surface area contributed by atoms with Gasteiger partial charge in [-0.05, 0) is 37.7 Å². The van der Waals surface area contributed by atoms with Crippen molar-refractivity contribution < 1.29 is 4.74 Å². The molecule has 0 amide bonds. The molecule has 0 aromatic heterocycles. The third kappa shape index (κ3) is 6.05. The monoisotopic (exact) mass is 286 g/mol. The molecular weight excluding hydrogens is 256 g/mol. The smallest absolute Gasteiger partial charge is 0.0628 e. The number of benzene rings is 1. The summed E-state index contributed by atoms with van der Waals surface area (Å²) in [5.41, 5.74) is 1.44. The quantitative estimate of drug-likeness (QED) is 0.383. The number of aryl methyl sites for hydroxylation is 1. The molecule has 0 bridgehead atoms. The second kappa shape index (κ2) is 9.78. The van der Waals surface area contributed by atoms with Crippen LogP contribution in [0, 0.1) is 5.92 Å². The van der Waals surface area contributed by atoms with Crippen LogP contribution in [0.4, 0.5) is 0 Å². The molecule has 1 aliphatic rings. The fourth-order valence-electron chi connectivity index (χ4n) is 3.14. The summed E-state index contributed by atoms with van der Waals surface area (Å²) in [7, 11) is 0. The lowest BCUT2D eigenvalue weighted by atomic mass is 9.88. The summed E-state index contributed by atoms with van der Waals surface area (Å²) >= 11 is 0. The highest BCUT2D eigenvalue weighted by Crippen LogP contribution is 2.29. The van der Waals surface area contributed by atoms with Gasteiger partial charge in [0.25, 0.3) is 0 Å². The number of allylic oxidation sites excluding steroid dienone is 1. The molecule has 21 heavy (non-hydrogen) atoms. The van der Waals surface area contributed by atoms with Crippen LogP contribution < -0.4 is 0 Å². The van der Waals surface area contributed by atoms with Gasteiger partial charge in [-0.25, -0.2) is 0 Å². The zero-order valence-electron chi connectivity index (χ0n) is 13.3. The normalized spacial score (nSPS) is 21.0. The van der Waals surface area contributed by atoms with Gasteiger partial charge in [-0.15, -0.1) is 6.58 Å². The van der Waals surface area contributed by atoms with Gasteiger partial charge in [0.1, 0.15) is 0 Å². The van der Waals surface area contributed by atoms with E-state index < -0.39 is 0 Å². The van der Waals surface area contributed by atoms with E-state index in [2.05, 4.69) is 36.9 Å². The summed E-state index contributed by atoms with van der Waals surface area (Å²) in [5.74, 6) is 0.821. The fraction of sp³-hybridized carbons (Fsp3) is 0.600.